The molecule has 172 valence electrons. The van der Waals surface area contributed by atoms with E-state index in [1.54, 1.807) is 0 Å². The Labute approximate surface area is 207 Å². The van der Waals surface area contributed by atoms with Crippen LogP contribution >= 0.6 is 35.7 Å². The van der Waals surface area contributed by atoms with Crippen LogP contribution in [0.4, 0.5) is 0 Å². The molecular weight excluding hydrogens is 523 g/mol. The first-order valence-electron chi connectivity index (χ1n) is 11.3. The maximum atomic E-state index is 12.7. The van der Waals surface area contributed by atoms with Crippen molar-refractivity contribution in [3.8, 4) is 5.75 Å². The highest BCUT2D eigenvalue weighted by molar-refractivity contribution is 14.0. The molecular formula is C23H35IN4O2S. The number of fused-ring (bicyclic) bond motifs is 1. The molecule has 2 aliphatic heterocycles. The van der Waals surface area contributed by atoms with E-state index in [2.05, 4.69) is 38.7 Å². The third-order valence-electron chi connectivity index (χ3n) is 6.42. The number of nitrogens with zero attached hydrogens (tertiary/aromatic N) is 2. The summed E-state index contributed by atoms with van der Waals surface area (Å²) >= 11 is 1.95. The van der Waals surface area contributed by atoms with Gasteiger partial charge in [0.2, 0.25) is 5.91 Å². The van der Waals surface area contributed by atoms with Gasteiger partial charge in [0.15, 0.2) is 5.96 Å². The summed E-state index contributed by atoms with van der Waals surface area (Å²) in [4.78, 5) is 19.2. The van der Waals surface area contributed by atoms with Crippen molar-refractivity contribution in [3.05, 3.63) is 29.3 Å². The van der Waals surface area contributed by atoms with Crippen LogP contribution in [0, 0.1) is 5.92 Å². The lowest BCUT2D eigenvalue weighted by molar-refractivity contribution is -0.136. The summed E-state index contributed by atoms with van der Waals surface area (Å²) in [6.07, 6.45) is 6.00. The van der Waals surface area contributed by atoms with Crippen LogP contribution in [0.15, 0.2) is 23.2 Å². The minimum atomic E-state index is 0. The Hall–Kier alpha value is -1.16. The predicted molar refractivity (Wildman–Crippen MR) is 139 cm³/mol. The van der Waals surface area contributed by atoms with Gasteiger partial charge in [-0.1, -0.05) is 12.1 Å². The molecule has 0 radical (unpaired) electrons. The van der Waals surface area contributed by atoms with Crippen molar-refractivity contribution in [1.29, 1.82) is 0 Å². The normalized spacial score (nSPS) is 23.4. The maximum absolute atomic E-state index is 12.7. The maximum Gasteiger partial charge on any atom is 0.225 e. The molecule has 8 heteroatoms. The zero-order chi connectivity index (χ0) is 20.8. The number of rotatable bonds is 5. The van der Waals surface area contributed by atoms with Gasteiger partial charge in [-0.3, -0.25) is 9.79 Å². The summed E-state index contributed by atoms with van der Waals surface area (Å²) < 4.78 is 5.59. The van der Waals surface area contributed by atoms with E-state index < -0.39 is 0 Å². The Morgan fingerprint density at radius 1 is 1.23 bits per heavy atom. The molecule has 2 heterocycles. The summed E-state index contributed by atoms with van der Waals surface area (Å²) in [6, 6.07) is 6.91. The van der Waals surface area contributed by atoms with Crippen LogP contribution in [0.2, 0.25) is 0 Å². The van der Waals surface area contributed by atoms with Crippen LogP contribution in [-0.2, 0) is 17.6 Å². The van der Waals surface area contributed by atoms with E-state index in [4.69, 9.17) is 4.74 Å². The summed E-state index contributed by atoms with van der Waals surface area (Å²) in [6.45, 7) is 3.50. The van der Waals surface area contributed by atoms with Crippen LogP contribution in [0.3, 0.4) is 0 Å². The second kappa shape index (κ2) is 12.2. The fraction of sp³-hybridized carbons (Fsp3) is 0.652. The van der Waals surface area contributed by atoms with Gasteiger partial charge in [-0.25, -0.2) is 0 Å². The first-order chi connectivity index (χ1) is 14.7. The predicted octanol–water partition coefficient (Wildman–Crippen LogP) is 3.08. The van der Waals surface area contributed by atoms with E-state index in [0.717, 1.165) is 88.0 Å². The van der Waals surface area contributed by atoms with Crippen LogP contribution < -0.4 is 15.4 Å². The van der Waals surface area contributed by atoms with Crippen molar-refractivity contribution in [2.45, 2.75) is 44.6 Å². The van der Waals surface area contributed by atoms with Crippen molar-refractivity contribution < 1.29 is 9.53 Å². The van der Waals surface area contributed by atoms with Crippen molar-refractivity contribution in [3.63, 3.8) is 0 Å². The second-order valence-electron chi connectivity index (χ2n) is 8.42. The number of halogens is 1. The molecule has 1 aromatic carbocycles. The van der Waals surface area contributed by atoms with Crippen molar-refractivity contribution in [2.24, 2.45) is 10.9 Å². The average Bonchev–Trinajstić information content (AvgIpc) is 3.27. The first-order valence-corrected chi connectivity index (χ1v) is 12.5. The summed E-state index contributed by atoms with van der Waals surface area (Å²) in [5.41, 5.74) is 2.65. The average molecular weight is 559 g/mol. The Kier molecular flexibility index (Phi) is 9.62. The van der Waals surface area contributed by atoms with E-state index in [1.807, 2.05) is 18.8 Å². The van der Waals surface area contributed by atoms with Gasteiger partial charge >= 0.3 is 0 Å². The largest absolute Gasteiger partial charge is 0.493 e. The van der Waals surface area contributed by atoms with Crippen molar-refractivity contribution >= 4 is 47.6 Å². The fourth-order valence-electron chi connectivity index (χ4n) is 4.64. The number of aliphatic imine (C=N–C) groups is 1. The second-order valence-corrected chi connectivity index (χ2v) is 9.64. The lowest BCUT2D eigenvalue weighted by atomic mass is 9.85. The molecule has 4 rings (SSSR count). The smallest absolute Gasteiger partial charge is 0.225 e. The molecule has 0 atom stereocenters. The molecule has 0 bridgehead atoms. The molecule has 2 N–H and O–H groups in total. The van der Waals surface area contributed by atoms with E-state index in [9.17, 15) is 4.79 Å². The number of benzene rings is 1. The molecule has 1 amide bonds. The Morgan fingerprint density at radius 2 is 2.00 bits per heavy atom. The fourth-order valence-corrected chi connectivity index (χ4v) is 5.54. The van der Waals surface area contributed by atoms with Gasteiger partial charge < -0.3 is 20.3 Å². The number of guanidine groups is 1. The van der Waals surface area contributed by atoms with Gasteiger partial charge in [0.25, 0.3) is 0 Å². The molecule has 6 nitrogen and oxygen atoms in total. The molecule has 1 aromatic rings. The van der Waals surface area contributed by atoms with Crippen molar-refractivity contribution in [2.75, 3.05) is 44.8 Å². The highest BCUT2D eigenvalue weighted by Gasteiger charge is 2.30. The zero-order valence-electron chi connectivity index (χ0n) is 18.4. The van der Waals surface area contributed by atoms with E-state index >= 15 is 0 Å². The molecule has 1 aliphatic carbocycles. The van der Waals surface area contributed by atoms with E-state index in [-0.39, 0.29) is 29.9 Å². The SMILES string of the molecule is CN=C(NCCc1ccc2c(c1)CCO2)NC1CCC(C(=O)N2CCSCC2)CC1.I. The monoisotopic (exact) mass is 558 g/mol. The number of hydrogen-bond acceptors (Lipinski definition) is 4. The standard InChI is InChI=1S/C23H34N4O2S.HI/c1-24-23(25-10-8-17-2-7-21-19(16-17)9-13-29-21)26-20-5-3-18(4-6-20)22(28)27-11-14-30-15-12-27;/h2,7,16,18,20H,3-6,8-15H2,1H3,(H2,24,25,26);1H. The van der Waals surface area contributed by atoms with Gasteiger partial charge in [-0.15, -0.1) is 24.0 Å². The van der Waals surface area contributed by atoms with Gasteiger partial charge in [-0.05, 0) is 49.3 Å². The molecule has 1 saturated carbocycles. The molecule has 3 aliphatic rings. The van der Waals surface area contributed by atoms with Crippen LogP contribution in [0.1, 0.15) is 36.8 Å². The highest BCUT2D eigenvalue weighted by atomic mass is 127. The van der Waals surface area contributed by atoms with Gasteiger partial charge in [-0.2, -0.15) is 11.8 Å². The Bertz CT molecular complexity index is 762. The number of thioether (sulfide) groups is 1. The van der Waals surface area contributed by atoms with E-state index in [0.29, 0.717) is 11.9 Å². The molecule has 0 aromatic heterocycles. The van der Waals surface area contributed by atoms with Gasteiger partial charge in [0.1, 0.15) is 5.75 Å². The Balaban J connectivity index is 0.00000272. The zero-order valence-corrected chi connectivity index (χ0v) is 21.5. The minimum absolute atomic E-state index is 0. The summed E-state index contributed by atoms with van der Waals surface area (Å²) in [7, 11) is 1.82. The van der Waals surface area contributed by atoms with Gasteiger partial charge in [0.05, 0.1) is 6.61 Å². The molecule has 31 heavy (non-hydrogen) atoms. The molecule has 0 unspecified atom stereocenters. The number of nitrogens with one attached hydrogen (secondary N) is 2. The lowest BCUT2D eigenvalue weighted by Crippen LogP contribution is -2.47. The lowest BCUT2D eigenvalue weighted by Gasteiger charge is -2.34. The number of hydrogen-bond donors (Lipinski definition) is 2. The molecule has 2 fully saturated rings. The summed E-state index contributed by atoms with van der Waals surface area (Å²) in [5.74, 6) is 4.67. The Morgan fingerprint density at radius 3 is 2.74 bits per heavy atom. The number of ether oxygens (including phenoxy) is 1. The van der Waals surface area contributed by atoms with Crippen LogP contribution in [0.5, 0.6) is 5.75 Å². The quantitative estimate of drug-likeness (QED) is 0.331. The third-order valence-corrected chi connectivity index (χ3v) is 7.37. The number of carbonyl (C=O) groups excluding carboxylic acids is 1. The van der Waals surface area contributed by atoms with Gasteiger partial charge in [0, 0.05) is 56.6 Å². The van der Waals surface area contributed by atoms with Crippen LogP contribution in [-0.4, -0.2) is 67.6 Å². The molecule has 0 spiro atoms. The van der Waals surface area contributed by atoms with Crippen LogP contribution in [0.25, 0.3) is 0 Å². The van der Waals surface area contributed by atoms with Crippen molar-refractivity contribution in [1.82, 2.24) is 15.5 Å². The molecule has 1 saturated heterocycles. The third kappa shape index (κ3) is 6.66. The summed E-state index contributed by atoms with van der Waals surface area (Å²) in [5, 5.41) is 7.01. The van der Waals surface area contributed by atoms with E-state index in [1.165, 1.54) is 11.1 Å². The number of carbonyl (C=O) groups is 1. The first kappa shape index (κ1) is 24.5. The topological polar surface area (TPSA) is 66.0 Å². The highest BCUT2D eigenvalue weighted by Crippen LogP contribution is 2.27. The minimum Gasteiger partial charge on any atom is -0.493 e. The number of amides is 1.